The molecule has 1 aromatic rings. The van der Waals surface area contributed by atoms with Crippen LogP contribution in [0.2, 0.25) is 0 Å². The lowest BCUT2D eigenvalue weighted by Crippen LogP contribution is -2.29. The van der Waals surface area contributed by atoms with E-state index in [4.69, 9.17) is 5.73 Å². The molecule has 0 aliphatic rings. The molecule has 0 saturated heterocycles. The number of nitrogens with one attached hydrogen (secondary N) is 1. The van der Waals surface area contributed by atoms with Gasteiger partial charge in [-0.15, -0.1) is 5.10 Å². The number of carbonyl (C=O) groups is 1. The van der Waals surface area contributed by atoms with Crippen LogP contribution in [0.25, 0.3) is 0 Å². The number of rotatable bonds is 6. The predicted molar refractivity (Wildman–Crippen MR) is 59.3 cm³/mol. The standard InChI is InChI=1S/C8H15N5OS/c1-15-3-2-10-8(14)6-13-5-7(4-9)11-12-13/h5H,2-4,6,9H2,1H3,(H,10,14). The number of nitrogens with zero attached hydrogens (tertiary/aromatic N) is 3. The molecule has 6 nitrogen and oxygen atoms in total. The van der Waals surface area contributed by atoms with Crippen LogP contribution in [0.4, 0.5) is 0 Å². The Balaban J connectivity index is 2.31. The highest BCUT2D eigenvalue weighted by molar-refractivity contribution is 7.98. The van der Waals surface area contributed by atoms with E-state index in [9.17, 15) is 4.79 Å². The maximum Gasteiger partial charge on any atom is 0.241 e. The lowest BCUT2D eigenvalue weighted by molar-refractivity contribution is -0.121. The smallest absolute Gasteiger partial charge is 0.241 e. The number of aromatic nitrogens is 3. The van der Waals surface area contributed by atoms with Gasteiger partial charge in [0.2, 0.25) is 5.91 Å². The van der Waals surface area contributed by atoms with E-state index in [1.54, 1.807) is 18.0 Å². The van der Waals surface area contributed by atoms with Crippen LogP contribution in [0.3, 0.4) is 0 Å². The Bertz CT molecular complexity index is 314. The molecule has 0 bridgehead atoms. The Morgan fingerprint density at radius 3 is 3.13 bits per heavy atom. The van der Waals surface area contributed by atoms with Crippen molar-refractivity contribution in [3.63, 3.8) is 0 Å². The molecule has 0 aromatic carbocycles. The van der Waals surface area contributed by atoms with Crippen LogP contribution in [0.1, 0.15) is 5.69 Å². The molecule has 3 N–H and O–H groups in total. The van der Waals surface area contributed by atoms with Crippen molar-refractivity contribution in [2.75, 3.05) is 18.6 Å². The number of hydrogen-bond acceptors (Lipinski definition) is 5. The van der Waals surface area contributed by atoms with E-state index in [1.165, 1.54) is 4.68 Å². The van der Waals surface area contributed by atoms with Crippen molar-refractivity contribution in [2.45, 2.75) is 13.1 Å². The topological polar surface area (TPSA) is 85.8 Å². The van der Waals surface area contributed by atoms with Crippen molar-refractivity contribution < 1.29 is 4.79 Å². The van der Waals surface area contributed by atoms with Crippen LogP contribution in [-0.2, 0) is 17.9 Å². The summed E-state index contributed by atoms with van der Waals surface area (Å²) >= 11 is 1.69. The average molecular weight is 229 g/mol. The molecule has 0 spiro atoms. The first-order chi connectivity index (χ1) is 7.26. The molecule has 0 aliphatic carbocycles. The van der Waals surface area contributed by atoms with Gasteiger partial charge in [0, 0.05) is 18.8 Å². The van der Waals surface area contributed by atoms with E-state index in [1.807, 2.05) is 6.26 Å². The summed E-state index contributed by atoms with van der Waals surface area (Å²) in [5.74, 6) is 0.856. The van der Waals surface area contributed by atoms with Gasteiger partial charge in [-0.05, 0) is 6.26 Å². The Labute approximate surface area is 92.6 Å². The van der Waals surface area contributed by atoms with Crippen molar-refractivity contribution in [3.05, 3.63) is 11.9 Å². The van der Waals surface area contributed by atoms with Crippen LogP contribution in [0.15, 0.2) is 6.20 Å². The van der Waals surface area contributed by atoms with Gasteiger partial charge >= 0.3 is 0 Å². The van der Waals surface area contributed by atoms with E-state index in [0.717, 1.165) is 5.75 Å². The van der Waals surface area contributed by atoms with Crippen LogP contribution < -0.4 is 11.1 Å². The molecular formula is C8H15N5OS. The molecular weight excluding hydrogens is 214 g/mol. The van der Waals surface area contributed by atoms with Crippen molar-refractivity contribution in [3.8, 4) is 0 Å². The van der Waals surface area contributed by atoms with Crippen molar-refractivity contribution in [2.24, 2.45) is 5.73 Å². The van der Waals surface area contributed by atoms with E-state index in [0.29, 0.717) is 18.8 Å². The minimum Gasteiger partial charge on any atom is -0.354 e. The molecule has 0 unspecified atom stereocenters. The third kappa shape index (κ3) is 4.30. The molecule has 1 aromatic heterocycles. The first-order valence-electron chi connectivity index (χ1n) is 4.61. The molecule has 1 rings (SSSR count). The first kappa shape index (κ1) is 12.0. The Kier molecular flexibility index (Phi) is 5.13. The van der Waals surface area contributed by atoms with Gasteiger partial charge in [-0.25, -0.2) is 4.68 Å². The fraction of sp³-hybridized carbons (Fsp3) is 0.625. The summed E-state index contributed by atoms with van der Waals surface area (Å²) in [5, 5.41) is 10.3. The minimum atomic E-state index is -0.0579. The Morgan fingerprint density at radius 1 is 1.73 bits per heavy atom. The monoisotopic (exact) mass is 229 g/mol. The second-order valence-electron chi connectivity index (χ2n) is 2.95. The van der Waals surface area contributed by atoms with Crippen molar-refractivity contribution in [1.29, 1.82) is 0 Å². The van der Waals surface area contributed by atoms with Gasteiger partial charge in [0.1, 0.15) is 6.54 Å². The molecule has 84 valence electrons. The van der Waals surface area contributed by atoms with Crippen molar-refractivity contribution in [1.82, 2.24) is 20.3 Å². The highest BCUT2D eigenvalue weighted by Crippen LogP contribution is 1.91. The highest BCUT2D eigenvalue weighted by atomic mass is 32.2. The lowest BCUT2D eigenvalue weighted by Gasteiger charge is -2.02. The van der Waals surface area contributed by atoms with Gasteiger partial charge in [0.25, 0.3) is 0 Å². The fourth-order valence-corrected chi connectivity index (χ4v) is 1.31. The zero-order valence-electron chi connectivity index (χ0n) is 8.64. The molecule has 7 heteroatoms. The van der Waals surface area contributed by atoms with Gasteiger partial charge in [0.05, 0.1) is 11.9 Å². The summed E-state index contributed by atoms with van der Waals surface area (Å²) in [4.78, 5) is 11.3. The average Bonchev–Trinajstić information content (AvgIpc) is 2.66. The van der Waals surface area contributed by atoms with Gasteiger partial charge in [-0.2, -0.15) is 11.8 Å². The molecule has 0 aliphatic heterocycles. The summed E-state index contributed by atoms with van der Waals surface area (Å²) in [6.45, 7) is 1.22. The van der Waals surface area contributed by atoms with Crippen LogP contribution >= 0.6 is 11.8 Å². The number of amides is 1. The van der Waals surface area contributed by atoms with Gasteiger partial charge in [0.15, 0.2) is 0 Å². The maximum absolute atomic E-state index is 11.3. The largest absolute Gasteiger partial charge is 0.354 e. The molecule has 0 radical (unpaired) electrons. The third-order valence-electron chi connectivity index (χ3n) is 1.73. The lowest BCUT2D eigenvalue weighted by atomic mass is 10.5. The molecule has 0 saturated carbocycles. The molecule has 0 fully saturated rings. The van der Waals surface area contributed by atoms with E-state index < -0.39 is 0 Å². The normalized spacial score (nSPS) is 10.3. The fourth-order valence-electron chi connectivity index (χ4n) is 1.00. The Morgan fingerprint density at radius 2 is 2.53 bits per heavy atom. The third-order valence-corrected chi connectivity index (χ3v) is 2.34. The molecule has 0 atom stereocenters. The molecule has 1 amide bonds. The summed E-state index contributed by atoms with van der Waals surface area (Å²) < 4.78 is 1.48. The number of thioether (sulfide) groups is 1. The van der Waals surface area contributed by atoms with Crippen LogP contribution in [0.5, 0.6) is 0 Å². The van der Waals surface area contributed by atoms with Gasteiger partial charge in [-0.1, -0.05) is 5.21 Å². The van der Waals surface area contributed by atoms with E-state index in [-0.39, 0.29) is 12.5 Å². The van der Waals surface area contributed by atoms with E-state index >= 15 is 0 Å². The summed E-state index contributed by atoms with van der Waals surface area (Å²) in [6.07, 6.45) is 3.67. The number of hydrogen-bond donors (Lipinski definition) is 2. The van der Waals surface area contributed by atoms with Gasteiger partial charge in [-0.3, -0.25) is 4.79 Å². The summed E-state index contributed by atoms with van der Waals surface area (Å²) in [7, 11) is 0. The SMILES string of the molecule is CSCCNC(=O)Cn1cc(CN)nn1. The number of nitrogens with two attached hydrogens (primary N) is 1. The maximum atomic E-state index is 11.3. The Hall–Kier alpha value is -1.08. The van der Waals surface area contributed by atoms with Crippen LogP contribution in [0, 0.1) is 0 Å². The van der Waals surface area contributed by atoms with Gasteiger partial charge < -0.3 is 11.1 Å². The quantitative estimate of drug-likeness (QED) is 0.625. The van der Waals surface area contributed by atoms with Crippen LogP contribution in [-0.4, -0.2) is 39.5 Å². The zero-order chi connectivity index (χ0) is 11.1. The minimum absolute atomic E-state index is 0.0579. The molecule has 15 heavy (non-hydrogen) atoms. The highest BCUT2D eigenvalue weighted by Gasteiger charge is 2.04. The zero-order valence-corrected chi connectivity index (χ0v) is 9.46. The van der Waals surface area contributed by atoms with E-state index in [2.05, 4.69) is 15.6 Å². The first-order valence-corrected chi connectivity index (χ1v) is 6.00. The summed E-state index contributed by atoms with van der Waals surface area (Å²) in [6, 6.07) is 0. The number of carbonyl (C=O) groups excluding carboxylic acids is 1. The second-order valence-corrected chi connectivity index (χ2v) is 3.94. The molecule has 1 heterocycles. The van der Waals surface area contributed by atoms with Crippen molar-refractivity contribution >= 4 is 17.7 Å². The second kappa shape index (κ2) is 6.41. The predicted octanol–water partition coefficient (Wildman–Crippen LogP) is -0.784. The summed E-state index contributed by atoms with van der Waals surface area (Å²) in [5.41, 5.74) is 6.06.